The van der Waals surface area contributed by atoms with Gasteiger partial charge in [-0.1, -0.05) is 0 Å². The van der Waals surface area contributed by atoms with E-state index in [9.17, 15) is 19.2 Å². The van der Waals surface area contributed by atoms with Gasteiger partial charge in [0.1, 0.15) is 5.78 Å². The first-order valence-electron chi connectivity index (χ1n) is 4.96. The lowest BCUT2D eigenvalue weighted by atomic mass is 9.84. The van der Waals surface area contributed by atoms with Gasteiger partial charge in [-0.2, -0.15) is 0 Å². The van der Waals surface area contributed by atoms with Crippen LogP contribution in [0.4, 0.5) is 0 Å². The summed E-state index contributed by atoms with van der Waals surface area (Å²) >= 11 is 0. The largest absolute Gasteiger partial charge is 0.481 e. The van der Waals surface area contributed by atoms with E-state index in [4.69, 9.17) is 15.3 Å². The number of rotatable bonds is 4. The first-order valence-corrected chi connectivity index (χ1v) is 4.96. The second-order valence-corrected chi connectivity index (χ2v) is 4.13. The number of carboxylic acid groups (broad SMARTS) is 3. The molecule has 0 heterocycles. The zero-order valence-electron chi connectivity index (χ0n) is 8.99. The Morgan fingerprint density at radius 3 is 1.53 bits per heavy atom. The molecule has 0 bridgehead atoms. The number of ketones is 1. The number of carbonyl (C=O) groups excluding carboxylic acids is 1. The van der Waals surface area contributed by atoms with Crippen LogP contribution < -0.4 is 0 Å². The molecule has 0 radical (unpaired) electrons. The van der Waals surface area contributed by atoms with E-state index in [1.807, 2.05) is 0 Å². The predicted octanol–water partition coefficient (Wildman–Crippen LogP) is -0.302. The van der Waals surface area contributed by atoms with Crippen LogP contribution in [0.5, 0.6) is 0 Å². The average molecular weight is 244 g/mol. The summed E-state index contributed by atoms with van der Waals surface area (Å²) in [5.41, 5.74) is 0. The van der Waals surface area contributed by atoms with Gasteiger partial charge in [-0.15, -0.1) is 0 Å². The van der Waals surface area contributed by atoms with Crippen molar-refractivity contribution < 1.29 is 34.5 Å². The third-order valence-corrected chi connectivity index (χ3v) is 3.15. The van der Waals surface area contributed by atoms with Gasteiger partial charge in [-0.25, -0.2) is 0 Å². The molecule has 1 saturated carbocycles. The smallest absolute Gasteiger partial charge is 0.308 e. The summed E-state index contributed by atoms with van der Waals surface area (Å²) in [6, 6.07) is 0. The van der Waals surface area contributed by atoms with Crippen LogP contribution in [0.15, 0.2) is 0 Å². The van der Waals surface area contributed by atoms with E-state index >= 15 is 0 Å². The maximum atomic E-state index is 11.3. The standard InChI is InChI=1S/C10H12O7/c1-3(11)6-4(8(12)13)2-5(9(14)15)7(6)10(16)17/h4-7H,2H2,1H3,(H,12,13)(H,14,15)(H,16,17). The highest BCUT2D eigenvalue weighted by molar-refractivity contribution is 5.93. The topological polar surface area (TPSA) is 129 Å². The van der Waals surface area contributed by atoms with Crippen LogP contribution >= 0.6 is 0 Å². The minimum atomic E-state index is -1.47. The highest BCUT2D eigenvalue weighted by Crippen LogP contribution is 2.42. The lowest BCUT2D eigenvalue weighted by molar-refractivity contribution is -0.155. The summed E-state index contributed by atoms with van der Waals surface area (Å²) in [5.74, 6) is -10.1. The van der Waals surface area contributed by atoms with Gasteiger partial charge in [0.2, 0.25) is 0 Å². The number of hydrogen-bond donors (Lipinski definition) is 3. The van der Waals surface area contributed by atoms with Crippen molar-refractivity contribution in [2.75, 3.05) is 0 Å². The van der Waals surface area contributed by atoms with Gasteiger partial charge in [-0.3, -0.25) is 19.2 Å². The van der Waals surface area contributed by atoms with Crippen LogP contribution in [0.2, 0.25) is 0 Å². The third-order valence-electron chi connectivity index (χ3n) is 3.15. The van der Waals surface area contributed by atoms with Crippen LogP contribution in [0.25, 0.3) is 0 Å². The Labute approximate surface area is 96.0 Å². The Hall–Kier alpha value is -1.92. The Kier molecular flexibility index (Phi) is 3.50. The Morgan fingerprint density at radius 1 is 0.824 bits per heavy atom. The molecule has 0 saturated heterocycles. The van der Waals surface area contributed by atoms with E-state index in [1.165, 1.54) is 0 Å². The van der Waals surface area contributed by atoms with E-state index in [-0.39, 0.29) is 6.42 Å². The van der Waals surface area contributed by atoms with Gasteiger partial charge < -0.3 is 15.3 Å². The lowest BCUT2D eigenvalue weighted by Gasteiger charge is -2.17. The molecule has 17 heavy (non-hydrogen) atoms. The maximum Gasteiger partial charge on any atom is 0.308 e. The molecule has 94 valence electrons. The molecular formula is C10H12O7. The Bertz CT molecular complexity index is 350. The molecule has 4 unspecified atom stereocenters. The summed E-state index contributed by atoms with van der Waals surface area (Å²) in [6.45, 7) is 1.08. The molecule has 0 aromatic carbocycles. The molecule has 0 aromatic heterocycles. The Morgan fingerprint density at radius 2 is 1.24 bits per heavy atom. The monoisotopic (exact) mass is 244 g/mol. The first kappa shape index (κ1) is 13.1. The SMILES string of the molecule is CC(=O)C1C(C(=O)O)CC(C(=O)O)C1C(=O)O. The fourth-order valence-corrected chi connectivity index (χ4v) is 2.44. The van der Waals surface area contributed by atoms with E-state index in [1.54, 1.807) is 0 Å². The molecule has 3 N–H and O–H groups in total. The summed E-state index contributed by atoms with van der Waals surface area (Å²) in [6.07, 6.45) is -0.327. The molecule has 0 aromatic rings. The molecule has 1 aliphatic carbocycles. The normalized spacial score (nSPS) is 32.1. The van der Waals surface area contributed by atoms with Crippen LogP contribution in [-0.4, -0.2) is 39.0 Å². The average Bonchev–Trinajstić information content (AvgIpc) is 2.56. The second-order valence-electron chi connectivity index (χ2n) is 4.13. The van der Waals surface area contributed by atoms with E-state index in [0.717, 1.165) is 6.92 Å². The van der Waals surface area contributed by atoms with Gasteiger partial charge in [0, 0.05) is 5.92 Å². The molecule has 1 fully saturated rings. The maximum absolute atomic E-state index is 11.3. The fourth-order valence-electron chi connectivity index (χ4n) is 2.44. The molecule has 0 aliphatic heterocycles. The fraction of sp³-hybridized carbons (Fsp3) is 0.600. The van der Waals surface area contributed by atoms with Crippen molar-refractivity contribution in [2.45, 2.75) is 13.3 Å². The molecule has 1 rings (SSSR count). The van der Waals surface area contributed by atoms with Crippen molar-refractivity contribution >= 4 is 23.7 Å². The summed E-state index contributed by atoms with van der Waals surface area (Å²) in [4.78, 5) is 44.1. The molecule has 7 nitrogen and oxygen atoms in total. The minimum Gasteiger partial charge on any atom is -0.481 e. The van der Waals surface area contributed by atoms with Crippen molar-refractivity contribution in [3.63, 3.8) is 0 Å². The number of hydrogen-bond acceptors (Lipinski definition) is 4. The van der Waals surface area contributed by atoms with E-state index in [2.05, 4.69) is 0 Å². The van der Waals surface area contributed by atoms with Crippen molar-refractivity contribution in [1.29, 1.82) is 0 Å². The van der Waals surface area contributed by atoms with Crippen LogP contribution in [0.3, 0.4) is 0 Å². The van der Waals surface area contributed by atoms with Gasteiger partial charge in [-0.05, 0) is 13.3 Å². The minimum absolute atomic E-state index is 0.327. The highest BCUT2D eigenvalue weighted by Gasteiger charge is 2.54. The lowest BCUT2D eigenvalue weighted by Crippen LogP contribution is -2.34. The van der Waals surface area contributed by atoms with Crippen LogP contribution in [0, 0.1) is 23.7 Å². The molecule has 0 spiro atoms. The first-order chi connectivity index (χ1) is 7.77. The van der Waals surface area contributed by atoms with Crippen molar-refractivity contribution in [2.24, 2.45) is 23.7 Å². The summed E-state index contributed by atoms with van der Waals surface area (Å²) in [7, 11) is 0. The molecular weight excluding hydrogens is 232 g/mol. The van der Waals surface area contributed by atoms with E-state index < -0.39 is 47.4 Å². The number of carboxylic acids is 3. The third kappa shape index (κ3) is 2.27. The zero-order chi connectivity index (χ0) is 13.3. The number of aliphatic carboxylic acids is 3. The highest BCUT2D eigenvalue weighted by atomic mass is 16.4. The van der Waals surface area contributed by atoms with Gasteiger partial charge in [0.25, 0.3) is 0 Å². The molecule has 0 amide bonds. The predicted molar refractivity (Wildman–Crippen MR) is 52.2 cm³/mol. The van der Waals surface area contributed by atoms with Gasteiger partial charge in [0.15, 0.2) is 0 Å². The zero-order valence-corrected chi connectivity index (χ0v) is 8.99. The van der Waals surface area contributed by atoms with Crippen LogP contribution in [0.1, 0.15) is 13.3 Å². The number of Topliss-reactive ketones (excluding diaryl/α,β-unsaturated/α-hetero) is 1. The van der Waals surface area contributed by atoms with Gasteiger partial charge >= 0.3 is 17.9 Å². The number of carbonyl (C=O) groups is 4. The van der Waals surface area contributed by atoms with Crippen molar-refractivity contribution in [3.05, 3.63) is 0 Å². The van der Waals surface area contributed by atoms with E-state index in [0.29, 0.717) is 0 Å². The molecule has 1 aliphatic rings. The molecule has 7 heteroatoms. The van der Waals surface area contributed by atoms with Crippen molar-refractivity contribution in [1.82, 2.24) is 0 Å². The Balaban J connectivity index is 3.17. The summed E-state index contributed by atoms with van der Waals surface area (Å²) in [5, 5.41) is 26.7. The van der Waals surface area contributed by atoms with Gasteiger partial charge in [0.05, 0.1) is 17.8 Å². The second kappa shape index (κ2) is 4.52. The quantitative estimate of drug-likeness (QED) is 0.618. The van der Waals surface area contributed by atoms with Crippen LogP contribution in [-0.2, 0) is 19.2 Å². The summed E-state index contributed by atoms with van der Waals surface area (Å²) < 4.78 is 0. The van der Waals surface area contributed by atoms with Crippen molar-refractivity contribution in [3.8, 4) is 0 Å². The molecule has 4 atom stereocenters.